The minimum Gasteiger partial charge on any atom is -0.467 e. The zero-order valence-corrected chi connectivity index (χ0v) is 9.70. The van der Waals surface area contributed by atoms with E-state index in [9.17, 15) is 9.90 Å². The molecular weight excluding hydrogens is 228 g/mol. The summed E-state index contributed by atoms with van der Waals surface area (Å²) in [6, 6.07) is 7.29. The van der Waals surface area contributed by atoms with E-state index in [4.69, 9.17) is 11.6 Å². The van der Waals surface area contributed by atoms with Crippen LogP contribution in [0.15, 0.2) is 24.3 Å². The van der Waals surface area contributed by atoms with Gasteiger partial charge in [-0.25, -0.2) is 4.79 Å². The number of methoxy groups -OCH3 is 1. The molecule has 0 aliphatic heterocycles. The van der Waals surface area contributed by atoms with Gasteiger partial charge in [0.2, 0.25) is 0 Å². The van der Waals surface area contributed by atoms with E-state index in [1.165, 1.54) is 7.11 Å². The van der Waals surface area contributed by atoms with Gasteiger partial charge in [-0.3, -0.25) is 0 Å². The van der Waals surface area contributed by atoms with Crippen LogP contribution in [0.1, 0.15) is 18.4 Å². The molecule has 4 heteroatoms. The van der Waals surface area contributed by atoms with Gasteiger partial charge in [0.25, 0.3) is 0 Å². The van der Waals surface area contributed by atoms with E-state index in [1.807, 2.05) is 18.2 Å². The number of aliphatic hydroxyl groups is 1. The monoisotopic (exact) mass is 240 g/mol. The van der Waals surface area contributed by atoms with Crippen molar-refractivity contribution in [3.63, 3.8) is 0 Å². The highest BCUT2D eigenvalue weighted by molar-refractivity contribution is 6.31. The van der Waals surface area contributed by atoms with E-state index in [0.717, 1.165) is 18.4 Å². The molecule has 1 aromatic carbocycles. The number of aliphatic hydroxyl groups excluding tert-OH is 1. The molecule has 1 N–H and O–H groups in total. The molecule has 16 heavy (non-hydrogen) atoms. The molecule has 1 unspecified atom stereocenters. The van der Waals surface area contributed by atoms with E-state index in [0.29, 0.717) is 5.02 Å². The van der Waals surface area contributed by atoms with Crippen LogP contribution in [0.4, 0.5) is 0 Å². The summed E-state index contributed by atoms with van der Waals surface area (Å²) < 4.78 is 4.57. The van der Waals surface area contributed by atoms with Crippen LogP contribution in [0, 0.1) is 0 Å². The first-order chi connectivity index (χ1) is 7.62. The fourth-order valence-electron chi connectivity index (χ4n) is 2.03. The van der Waals surface area contributed by atoms with E-state index in [-0.39, 0.29) is 0 Å². The number of hydrogen-bond donors (Lipinski definition) is 1. The second-order valence-electron chi connectivity index (χ2n) is 4.06. The molecule has 0 saturated heterocycles. The van der Waals surface area contributed by atoms with Crippen molar-refractivity contribution in [2.24, 2.45) is 0 Å². The molecule has 0 bridgehead atoms. The smallest absolute Gasteiger partial charge is 0.335 e. The Labute approximate surface area is 99.0 Å². The normalized spacial score (nSPS) is 18.9. The molecule has 1 aromatic rings. The summed E-state index contributed by atoms with van der Waals surface area (Å²) in [5.41, 5.74) is 0.292. The van der Waals surface area contributed by atoms with Gasteiger partial charge in [0.05, 0.1) is 7.11 Å². The molecule has 1 fully saturated rings. The van der Waals surface area contributed by atoms with Crippen molar-refractivity contribution >= 4 is 17.6 Å². The average Bonchev–Trinajstić information content (AvgIpc) is 3.09. The summed E-state index contributed by atoms with van der Waals surface area (Å²) in [7, 11) is 1.27. The Morgan fingerprint density at radius 3 is 2.62 bits per heavy atom. The second kappa shape index (κ2) is 4.07. The summed E-state index contributed by atoms with van der Waals surface area (Å²) in [6.45, 7) is 0. The SMILES string of the molecule is COC(=O)C(O)C1(c2ccccc2Cl)CC1. The van der Waals surface area contributed by atoms with E-state index in [1.54, 1.807) is 6.07 Å². The zero-order chi connectivity index (χ0) is 11.8. The number of halogens is 1. The molecular formula is C12H13ClO3. The molecule has 0 aromatic heterocycles. The van der Waals surface area contributed by atoms with Gasteiger partial charge in [-0.2, -0.15) is 0 Å². The van der Waals surface area contributed by atoms with Crippen LogP contribution in [-0.2, 0) is 14.9 Å². The fraction of sp³-hybridized carbons (Fsp3) is 0.417. The Morgan fingerprint density at radius 1 is 1.50 bits per heavy atom. The van der Waals surface area contributed by atoms with Crippen molar-refractivity contribution in [3.8, 4) is 0 Å². The fourth-order valence-corrected chi connectivity index (χ4v) is 2.35. The number of carbonyl (C=O) groups excluding carboxylic acids is 1. The second-order valence-corrected chi connectivity index (χ2v) is 4.47. The van der Waals surface area contributed by atoms with Crippen LogP contribution in [0.3, 0.4) is 0 Å². The average molecular weight is 241 g/mol. The summed E-state index contributed by atoms with van der Waals surface area (Å²) in [5, 5.41) is 10.5. The summed E-state index contributed by atoms with van der Waals surface area (Å²) in [6.07, 6.45) is 0.386. The number of ether oxygens (including phenoxy) is 1. The molecule has 0 radical (unpaired) electrons. The predicted octanol–water partition coefficient (Wildman–Crippen LogP) is 1.91. The summed E-state index contributed by atoms with van der Waals surface area (Å²) in [4.78, 5) is 11.4. The van der Waals surface area contributed by atoms with E-state index >= 15 is 0 Å². The van der Waals surface area contributed by atoms with Gasteiger partial charge < -0.3 is 9.84 Å². The summed E-state index contributed by atoms with van der Waals surface area (Å²) in [5.74, 6) is -0.600. The van der Waals surface area contributed by atoms with Crippen LogP contribution in [0.25, 0.3) is 0 Å². The van der Waals surface area contributed by atoms with Gasteiger partial charge in [0.1, 0.15) is 0 Å². The minimum absolute atomic E-state index is 0.536. The van der Waals surface area contributed by atoms with E-state index in [2.05, 4.69) is 4.74 Å². The zero-order valence-electron chi connectivity index (χ0n) is 8.94. The Kier molecular flexibility index (Phi) is 2.91. The first-order valence-corrected chi connectivity index (χ1v) is 5.50. The highest BCUT2D eigenvalue weighted by atomic mass is 35.5. The number of carbonyl (C=O) groups is 1. The number of rotatable bonds is 3. The van der Waals surface area contributed by atoms with Gasteiger partial charge in [-0.15, -0.1) is 0 Å². The van der Waals surface area contributed by atoms with Crippen LogP contribution in [0.5, 0.6) is 0 Å². The van der Waals surface area contributed by atoms with Crippen molar-refractivity contribution in [1.82, 2.24) is 0 Å². The van der Waals surface area contributed by atoms with Crippen LogP contribution in [-0.4, -0.2) is 24.3 Å². The number of benzene rings is 1. The van der Waals surface area contributed by atoms with Crippen molar-refractivity contribution in [3.05, 3.63) is 34.9 Å². The van der Waals surface area contributed by atoms with Gasteiger partial charge in [0, 0.05) is 10.4 Å². The molecule has 1 atom stereocenters. The molecule has 86 valence electrons. The lowest BCUT2D eigenvalue weighted by Crippen LogP contribution is -2.35. The van der Waals surface area contributed by atoms with Crippen molar-refractivity contribution in [2.75, 3.05) is 7.11 Å². The quantitative estimate of drug-likeness (QED) is 0.821. The molecule has 0 heterocycles. The predicted molar refractivity (Wildman–Crippen MR) is 60.4 cm³/mol. The van der Waals surface area contributed by atoms with E-state index < -0.39 is 17.5 Å². The Bertz CT molecular complexity index is 412. The lowest BCUT2D eigenvalue weighted by Gasteiger charge is -2.21. The van der Waals surface area contributed by atoms with Crippen LogP contribution >= 0.6 is 11.6 Å². The maximum Gasteiger partial charge on any atom is 0.335 e. The molecule has 1 aliphatic carbocycles. The standard InChI is InChI=1S/C12H13ClO3/c1-16-11(15)10(14)12(6-7-12)8-4-2-3-5-9(8)13/h2-5,10,14H,6-7H2,1H3. The topological polar surface area (TPSA) is 46.5 Å². The third kappa shape index (κ3) is 1.70. The van der Waals surface area contributed by atoms with Crippen LogP contribution < -0.4 is 0 Å². The minimum atomic E-state index is -1.13. The molecule has 1 aliphatic rings. The first kappa shape index (κ1) is 11.4. The lowest BCUT2D eigenvalue weighted by molar-refractivity contribution is -0.152. The van der Waals surface area contributed by atoms with Crippen molar-refractivity contribution in [1.29, 1.82) is 0 Å². The Hall–Kier alpha value is -1.06. The number of hydrogen-bond acceptors (Lipinski definition) is 3. The highest BCUT2D eigenvalue weighted by Crippen LogP contribution is 2.53. The molecule has 2 rings (SSSR count). The van der Waals surface area contributed by atoms with Gasteiger partial charge in [-0.05, 0) is 24.5 Å². The Morgan fingerprint density at radius 2 is 2.12 bits per heavy atom. The molecule has 1 saturated carbocycles. The maximum absolute atomic E-state index is 11.4. The molecule has 0 spiro atoms. The third-order valence-electron chi connectivity index (χ3n) is 3.15. The van der Waals surface area contributed by atoms with Gasteiger partial charge in [-0.1, -0.05) is 29.8 Å². The van der Waals surface area contributed by atoms with Crippen molar-refractivity contribution in [2.45, 2.75) is 24.4 Å². The van der Waals surface area contributed by atoms with Crippen LogP contribution in [0.2, 0.25) is 5.02 Å². The largest absolute Gasteiger partial charge is 0.467 e. The van der Waals surface area contributed by atoms with Gasteiger partial charge in [0.15, 0.2) is 6.10 Å². The van der Waals surface area contributed by atoms with Crippen molar-refractivity contribution < 1.29 is 14.6 Å². The lowest BCUT2D eigenvalue weighted by atomic mass is 9.90. The van der Waals surface area contributed by atoms with Gasteiger partial charge >= 0.3 is 5.97 Å². The Balaban J connectivity index is 2.33. The highest BCUT2D eigenvalue weighted by Gasteiger charge is 2.54. The molecule has 0 amide bonds. The molecule has 3 nitrogen and oxygen atoms in total. The first-order valence-electron chi connectivity index (χ1n) is 5.13. The third-order valence-corrected chi connectivity index (χ3v) is 3.48. The number of esters is 1. The maximum atomic E-state index is 11.4. The summed E-state index contributed by atoms with van der Waals surface area (Å²) >= 11 is 6.08.